The van der Waals surface area contributed by atoms with E-state index in [0.29, 0.717) is 6.61 Å². The van der Waals surface area contributed by atoms with Crippen molar-refractivity contribution in [1.82, 2.24) is 0 Å². The van der Waals surface area contributed by atoms with E-state index in [0.717, 1.165) is 12.2 Å². The molecule has 0 saturated carbocycles. The second-order valence-electron chi connectivity index (χ2n) is 2.15. The predicted molar refractivity (Wildman–Crippen MR) is 54.5 cm³/mol. The molecule has 1 aromatic rings. The predicted octanol–water partition coefficient (Wildman–Crippen LogP) is 3.28. The van der Waals surface area contributed by atoms with Crippen molar-refractivity contribution in [3.05, 3.63) is 43.0 Å². The number of benzene rings is 1. The van der Waals surface area contributed by atoms with Crippen molar-refractivity contribution >= 4 is 13.6 Å². The first-order valence-corrected chi connectivity index (χ1v) is 10.9. The Kier molecular flexibility index (Phi) is 9.84. The molecule has 0 aliphatic rings. The molecule has 0 bridgehead atoms. The molecule has 0 aromatic heterocycles. The molecule has 0 unspecified atom stereocenters. The molecule has 0 atom stereocenters. The minimum absolute atomic E-state index is 0.685. The van der Waals surface area contributed by atoms with Crippen LogP contribution < -0.4 is 4.74 Å². The first kappa shape index (κ1) is 12.9. The molecule has 0 saturated heterocycles. The molecule has 13 heavy (non-hydrogen) atoms. The van der Waals surface area contributed by atoms with Crippen molar-refractivity contribution in [2.24, 2.45) is 0 Å². The van der Waals surface area contributed by atoms with Crippen LogP contribution in [0.2, 0.25) is 0 Å². The first-order valence-electron chi connectivity index (χ1n) is 3.90. The molecule has 0 radical (unpaired) electrons. The summed E-state index contributed by atoms with van der Waals surface area (Å²) in [6, 6.07) is 10.5. The average molecular weight is 292 g/mol. The van der Waals surface area contributed by atoms with Crippen molar-refractivity contribution in [1.29, 1.82) is 0 Å². The third kappa shape index (κ3) is 6.98. The molecule has 1 aromatic carbocycles. The third-order valence-corrected chi connectivity index (χ3v) is 1.26. The Hall–Kier alpha value is -0.137. The Morgan fingerprint density at radius 1 is 1.54 bits per heavy atom. The van der Waals surface area contributed by atoms with Crippen LogP contribution in [0.15, 0.2) is 36.9 Å². The second kappa shape index (κ2) is 9.95. The van der Waals surface area contributed by atoms with Gasteiger partial charge in [0.05, 0.1) is 6.61 Å². The average Bonchev–Trinajstić information content (AvgIpc) is 2.23. The molecular formula is C10H11BrOZn. The van der Waals surface area contributed by atoms with Crippen LogP contribution in [0.25, 0.3) is 0 Å². The maximum atomic E-state index is 5.32. The monoisotopic (exact) mass is 290 g/mol. The Labute approximate surface area is 96.2 Å². The molecule has 0 amide bonds. The summed E-state index contributed by atoms with van der Waals surface area (Å²) in [5, 5.41) is 0. The number of hydrogen-bond donors (Lipinski definition) is 0. The van der Waals surface area contributed by atoms with E-state index in [2.05, 4.69) is 26.3 Å². The molecular weight excluding hydrogens is 281 g/mol. The Morgan fingerprint density at radius 3 is 2.85 bits per heavy atom. The Balaban J connectivity index is 0.000000671. The fraction of sp³-hybridized carbons (Fsp3) is 0.200. The van der Waals surface area contributed by atoms with Crippen LogP contribution in [-0.4, -0.2) is 6.61 Å². The van der Waals surface area contributed by atoms with Crippen LogP contribution in [0.1, 0.15) is 6.42 Å². The molecule has 66 valence electrons. The van der Waals surface area contributed by atoms with Gasteiger partial charge >= 0.3 is 30.0 Å². The molecule has 1 rings (SSSR count). The van der Waals surface area contributed by atoms with Gasteiger partial charge in [-0.1, -0.05) is 6.08 Å². The van der Waals surface area contributed by atoms with Crippen molar-refractivity contribution in [2.75, 3.05) is 6.61 Å². The van der Waals surface area contributed by atoms with Gasteiger partial charge in [0.2, 0.25) is 0 Å². The summed E-state index contributed by atoms with van der Waals surface area (Å²) >= 11 is 4.25. The summed E-state index contributed by atoms with van der Waals surface area (Å²) in [5.74, 6) is 0.800. The number of hydrogen-bond acceptors (Lipinski definition) is 1. The molecule has 0 aliphatic heterocycles. The van der Waals surface area contributed by atoms with Gasteiger partial charge in [0.25, 0.3) is 0 Å². The van der Waals surface area contributed by atoms with Gasteiger partial charge in [-0.3, -0.25) is 0 Å². The summed E-state index contributed by atoms with van der Waals surface area (Å²) in [4.78, 5) is 0. The van der Waals surface area contributed by atoms with Crippen LogP contribution in [-0.2, 0) is 16.3 Å². The van der Waals surface area contributed by atoms with E-state index in [1.807, 2.05) is 30.3 Å². The van der Waals surface area contributed by atoms with E-state index in [4.69, 9.17) is 4.74 Å². The van der Waals surface area contributed by atoms with Gasteiger partial charge in [-0.15, -0.1) is 18.7 Å². The maximum absolute atomic E-state index is 5.32. The fourth-order valence-corrected chi connectivity index (χ4v) is 0.719. The minimum atomic E-state index is 0.685. The number of halogens is 1. The van der Waals surface area contributed by atoms with Crippen molar-refractivity contribution in [3.63, 3.8) is 0 Å². The zero-order valence-electron chi connectivity index (χ0n) is 7.50. The molecule has 1 nitrogen and oxygen atoms in total. The molecule has 0 heterocycles. The Morgan fingerprint density at radius 2 is 2.31 bits per heavy atom. The van der Waals surface area contributed by atoms with Crippen LogP contribution in [0.4, 0.5) is 0 Å². The molecule has 0 fully saturated rings. The fourth-order valence-electron chi connectivity index (χ4n) is 0.719. The van der Waals surface area contributed by atoms with E-state index in [1.165, 1.54) is 16.3 Å². The Bertz CT molecular complexity index is 213. The SMILES string of the molecule is C=CCCOc1[c-]cccc1.[Zn+][Br]. The zero-order valence-corrected chi connectivity index (χ0v) is 12.1. The molecule has 0 spiro atoms. The van der Waals surface area contributed by atoms with Gasteiger partial charge in [0, 0.05) is 5.75 Å². The first-order chi connectivity index (χ1) is 6.43. The van der Waals surface area contributed by atoms with E-state index in [-0.39, 0.29) is 0 Å². The zero-order chi connectivity index (χ0) is 9.94. The van der Waals surface area contributed by atoms with E-state index >= 15 is 0 Å². The topological polar surface area (TPSA) is 9.23 Å². The van der Waals surface area contributed by atoms with Gasteiger partial charge in [0.1, 0.15) is 0 Å². The quantitative estimate of drug-likeness (QED) is 0.358. The standard InChI is InChI=1S/C10H11O.BrH.Zn/c1-2-3-9-11-10-7-5-4-6-8-10;;/h2,4-7H,1,3,9H2;1H;/q-1;;+2/p-1. The molecule has 0 N–H and O–H groups in total. The van der Waals surface area contributed by atoms with Gasteiger partial charge in [-0.05, 0) is 6.42 Å². The summed E-state index contributed by atoms with van der Waals surface area (Å²) < 4.78 is 5.32. The molecule has 3 heteroatoms. The van der Waals surface area contributed by atoms with Gasteiger partial charge in [0.15, 0.2) is 0 Å². The second-order valence-corrected chi connectivity index (χ2v) is 2.15. The summed E-state index contributed by atoms with van der Waals surface area (Å²) in [7, 11) is 0. The van der Waals surface area contributed by atoms with E-state index < -0.39 is 0 Å². The van der Waals surface area contributed by atoms with Crippen molar-refractivity contribution in [2.45, 2.75) is 6.42 Å². The summed E-state index contributed by atoms with van der Waals surface area (Å²) in [5.41, 5.74) is 0. The van der Waals surface area contributed by atoms with E-state index in [9.17, 15) is 0 Å². The van der Waals surface area contributed by atoms with Crippen LogP contribution in [0, 0.1) is 6.07 Å². The van der Waals surface area contributed by atoms with Crippen LogP contribution >= 0.6 is 13.6 Å². The van der Waals surface area contributed by atoms with Gasteiger partial charge in [-0.2, -0.15) is 18.2 Å². The number of ether oxygens (including phenoxy) is 1. The van der Waals surface area contributed by atoms with Crippen molar-refractivity contribution in [3.8, 4) is 5.75 Å². The van der Waals surface area contributed by atoms with Crippen LogP contribution in [0.5, 0.6) is 5.75 Å². The molecule has 0 aliphatic carbocycles. The number of rotatable bonds is 4. The normalized spacial score (nSPS) is 8.23. The summed E-state index contributed by atoms with van der Waals surface area (Å²) in [6.07, 6.45) is 2.71. The summed E-state index contributed by atoms with van der Waals surface area (Å²) in [6.45, 7) is 4.29. The van der Waals surface area contributed by atoms with E-state index in [1.54, 1.807) is 0 Å². The third-order valence-electron chi connectivity index (χ3n) is 1.26. The van der Waals surface area contributed by atoms with Gasteiger partial charge < -0.3 is 4.74 Å². The van der Waals surface area contributed by atoms with Gasteiger partial charge in [-0.25, -0.2) is 0 Å². The number of para-hydroxylation sites is 1. The van der Waals surface area contributed by atoms with Crippen LogP contribution in [0.3, 0.4) is 0 Å². The van der Waals surface area contributed by atoms with Crippen molar-refractivity contribution < 1.29 is 21.1 Å².